The average Bonchev–Trinajstić information content (AvgIpc) is 3.24. The van der Waals surface area contributed by atoms with Crippen molar-refractivity contribution in [3.63, 3.8) is 0 Å². The Kier molecular flexibility index (Phi) is 3.66. The smallest absolute Gasteiger partial charge is 0.174 e. The van der Waals surface area contributed by atoms with Crippen molar-refractivity contribution >= 4 is 23.0 Å². The SMILES string of the molecule is Oc1ccc(N2C(=S)N[C@@H](c3ccccn3)[C@@H]2c2ccco2)cc1. The molecule has 4 rings (SSSR count). The van der Waals surface area contributed by atoms with Crippen LogP contribution in [0.4, 0.5) is 5.69 Å². The second-order valence-electron chi connectivity index (χ2n) is 5.53. The minimum Gasteiger partial charge on any atom is -0.508 e. The molecule has 120 valence electrons. The standard InChI is InChI=1S/C18H15N3O2S/c22-13-8-6-12(7-9-13)21-17(15-5-3-11-23-15)16(20-18(21)24)14-4-1-2-10-19-14/h1-11,16-17,22H,(H,20,24)/t16-,17-/m0/s1. The van der Waals surface area contributed by atoms with Gasteiger partial charge in [0.05, 0.1) is 18.0 Å². The summed E-state index contributed by atoms with van der Waals surface area (Å²) >= 11 is 5.57. The number of pyridine rings is 1. The highest BCUT2D eigenvalue weighted by Crippen LogP contribution is 2.41. The van der Waals surface area contributed by atoms with Crippen LogP contribution in [0.5, 0.6) is 5.75 Å². The van der Waals surface area contributed by atoms with Gasteiger partial charge in [-0.3, -0.25) is 4.98 Å². The van der Waals surface area contributed by atoms with Gasteiger partial charge in [0.15, 0.2) is 5.11 Å². The molecule has 2 atom stereocenters. The van der Waals surface area contributed by atoms with Gasteiger partial charge >= 0.3 is 0 Å². The highest BCUT2D eigenvalue weighted by molar-refractivity contribution is 7.80. The minimum absolute atomic E-state index is 0.126. The molecule has 1 aliphatic rings. The predicted octanol–water partition coefficient (Wildman–Crippen LogP) is 3.56. The first-order valence-electron chi connectivity index (χ1n) is 7.57. The van der Waals surface area contributed by atoms with Crippen LogP contribution in [-0.2, 0) is 0 Å². The third kappa shape index (κ3) is 2.51. The number of thiocarbonyl (C=S) groups is 1. The number of hydrogen-bond acceptors (Lipinski definition) is 4. The van der Waals surface area contributed by atoms with Crippen molar-refractivity contribution in [2.75, 3.05) is 4.90 Å². The first kappa shape index (κ1) is 14.7. The number of nitrogens with zero attached hydrogens (tertiary/aromatic N) is 2. The van der Waals surface area contributed by atoms with Gasteiger partial charge < -0.3 is 19.7 Å². The summed E-state index contributed by atoms with van der Waals surface area (Å²) in [5.74, 6) is 1.01. The van der Waals surface area contributed by atoms with Crippen LogP contribution in [0.1, 0.15) is 23.5 Å². The van der Waals surface area contributed by atoms with Crippen LogP contribution in [0, 0.1) is 0 Å². The van der Waals surface area contributed by atoms with E-state index in [1.807, 2.05) is 47.4 Å². The van der Waals surface area contributed by atoms with Gasteiger partial charge in [-0.1, -0.05) is 6.07 Å². The fourth-order valence-electron chi connectivity index (χ4n) is 2.99. The molecule has 0 saturated carbocycles. The number of aromatic hydroxyl groups is 1. The largest absolute Gasteiger partial charge is 0.508 e. The Balaban J connectivity index is 1.80. The van der Waals surface area contributed by atoms with E-state index >= 15 is 0 Å². The number of furan rings is 1. The Hall–Kier alpha value is -2.86. The van der Waals surface area contributed by atoms with Crippen molar-refractivity contribution in [3.05, 3.63) is 78.5 Å². The molecule has 1 fully saturated rings. The topological polar surface area (TPSA) is 61.5 Å². The molecule has 0 spiro atoms. The summed E-state index contributed by atoms with van der Waals surface area (Å²) in [6.07, 6.45) is 3.42. The highest BCUT2D eigenvalue weighted by Gasteiger charge is 2.42. The maximum Gasteiger partial charge on any atom is 0.174 e. The maximum atomic E-state index is 9.55. The van der Waals surface area contributed by atoms with E-state index in [0.29, 0.717) is 5.11 Å². The lowest BCUT2D eigenvalue weighted by molar-refractivity contribution is 0.432. The number of rotatable bonds is 3. The molecule has 1 aliphatic heterocycles. The molecule has 3 heterocycles. The lowest BCUT2D eigenvalue weighted by Crippen LogP contribution is -2.29. The summed E-state index contributed by atoms with van der Waals surface area (Å²) in [5.41, 5.74) is 1.77. The second-order valence-corrected chi connectivity index (χ2v) is 5.92. The number of aromatic nitrogens is 1. The van der Waals surface area contributed by atoms with Crippen LogP contribution in [0.15, 0.2) is 71.5 Å². The Labute approximate surface area is 144 Å². The maximum absolute atomic E-state index is 9.55. The summed E-state index contributed by atoms with van der Waals surface area (Å²) in [6, 6.07) is 16.3. The molecule has 0 bridgehead atoms. The van der Waals surface area contributed by atoms with E-state index in [0.717, 1.165) is 17.1 Å². The summed E-state index contributed by atoms with van der Waals surface area (Å²) in [5, 5.41) is 13.5. The second kappa shape index (κ2) is 5.98. The molecule has 0 aliphatic carbocycles. The first-order chi connectivity index (χ1) is 11.7. The Morgan fingerprint density at radius 3 is 2.58 bits per heavy atom. The Morgan fingerprint density at radius 2 is 1.92 bits per heavy atom. The van der Waals surface area contributed by atoms with Crippen molar-refractivity contribution in [1.29, 1.82) is 0 Å². The molecular weight excluding hydrogens is 322 g/mol. The van der Waals surface area contributed by atoms with Gasteiger partial charge in [0.1, 0.15) is 17.6 Å². The fourth-order valence-corrected chi connectivity index (χ4v) is 3.34. The molecule has 1 aromatic carbocycles. The molecule has 6 heteroatoms. The normalized spacial score (nSPS) is 20.2. The molecule has 2 N–H and O–H groups in total. The third-order valence-corrected chi connectivity index (χ3v) is 4.38. The van der Waals surface area contributed by atoms with Crippen LogP contribution in [-0.4, -0.2) is 15.2 Å². The first-order valence-corrected chi connectivity index (χ1v) is 7.98. The van der Waals surface area contributed by atoms with Crippen molar-refractivity contribution in [2.24, 2.45) is 0 Å². The zero-order valence-electron chi connectivity index (χ0n) is 12.7. The lowest BCUT2D eigenvalue weighted by atomic mass is 10.0. The number of hydrogen-bond donors (Lipinski definition) is 2. The molecule has 5 nitrogen and oxygen atoms in total. The zero-order valence-corrected chi connectivity index (χ0v) is 13.5. The van der Waals surface area contributed by atoms with E-state index in [4.69, 9.17) is 16.6 Å². The number of benzene rings is 1. The van der Waals surface area contributed by atoms with Crippen LogP contribution >= 0.6 is 12.2 Å². The van der Waals surface area contributed by atoms with Crippen LogP contribution in [0.25, 0.3) is 0 Å². The van der Waals surface area contributed by atoms with Gasteiger partial charge in [0.2, 0.25) is 0 Å². The fraction of sp³-hybridized carbons (Fsp3) is 0.111. The van der Waals surface area contributed by atoms with E-state index in [2.05, 4.69) is 10.3 Å². The predicted molar refractivity (Wildman–Crippen MR) is 94.7 cm³/mol. The Morgan fingerprint density at radius 1 is 1.08 bits per heavy atom. The summed E-state index contributed by atoms with van der Waals surface area (Å²) in [7, 11) is 0. The molecule has 24 heavy (non-hydrogen) atoms. The summed E-state index contributed by atoms with van der Waals surface area (Å²) in [6.45, 7) is 0. The lowest BCUT2D eigenvalue weighted by Gasteiger charge is -2.26. The summed E-state index contributed by atoms with van der Waals surface area (Å²) in [4.78, 5) is 6.46. The molecule has 3 aromatic rings. The van der Waals surface area contributed by atoms with Crippen molar-refractivity contribution in [3.8, 4) is 5.75 Å². The van der Waals surface area contributed by atoms with E-state index in [-0.39, 0.29) is 17.8 Å². The molecule has 0 radical (unpaired) electrons. The van der Waals surface area contributed by atoms with Gasteiger partial charge in [-0.15, -0.1) is 0 Å². The molecular formula is C18H15N3O2S. The van der Waals surface area contributed by atoms with Crippen molar-refractivity contribution < 1.29 is 9.52 Å². The van der Waals surface area contributed by atoms with Gasteiger partial charge in [0.25, 0.3) is 0 Å². The highest BCUT2D eigenvalue weighted by atomic mass is 32.1. The quantitative estimate of drug-likeness (QED) is 0.713. The number of anilines is 1. The van der Waals surface area contributed by atoms with Crippen LogP contribution in [0.3, 0.4) is 0 Å². The van der Waals surface area contributed by atoms with E-state index < -0.39 is 0 Å². The number of nitrogens with one attached hydrogen (secondary N) is 1. The zero-order chi connectivity index (χ0) is 16.5. The van der Waals surface area contributed by atoms with Crippen molar-refractivity contribution in [1.82, 2.24) is 10.3 Å². The molecule has 0 amide bonds. The van der Waals surface area contributed by atoms with Gasteiger partial charge in [0, 0.05) is 11.9 Å². The van der Waals surface area contributed by atoms with E-state index in [1.54, 1.807) is 24.6 Å². The summed E-state index contributed by atoms with van der Waals surface area (Å²) < 4.78 is 5.67. The number of phenols is 1. The van der Waals surface area contributed by atoms with E-state index in [1.165, 1.54) is 0 Å². The average molecular weight is 337 g/mol. The van der Waals surface area contributed by atoms with Gasteiger partial charge in [-0.2, -0.15) is 0 Å². The van der Waals surface area contributed by atoms with Crippen molar-refractivity contribution in [2.45, 2.75) is 12.1 Å². The molecule has 2 aromatic heterocycles. The molecule has 0 unspecified atom stereocenters. The van der Waals surface area contributed by atoms with E-state index in [9.17, 15) is 5.11 Å². The molecule has 1 saturated heterocycles. The van der Waals surface area contributed by atoms with Gasteiger partial charge in [-0.05, 0) is 60.7 Å². The Bertz CT molecular complexity index is 834. The minimum atomic E-state index is -0.160. The van der Waals surface area contributed by atoms with Crippen LogP contribution < -0.4 is 10.2 Å². The monoisotopic (exact) mass is 337 g/mol. The van der Waals surface area contributed by atoms with Crippen LogP contribution in [0.2, 0.25) is 0 Å². The third-order valence-electron chi connectivity index (χ3n) is 4.06. The van der Waals surface area contributed by atoms with Gasteiger partial charge in [-0.25, -0.2) is 0 Å². The number of phenolic OH excluding ortho intramolecular Hbond substituents is 1.